The molecule has 1 amide bonds. The van der Waals surface area contributed by atoms with Gasteiger partial charge in [-0.15, -0.1) is 0 Å². The van der Waals surface area contributed by atoms with Gasteiger partial charge in [-0.3, -0.25) is 9.63 Å². The molecule has 0 N–H and O–H groups in total. The van der Waals surface area contributed by atoms with Crippen LogP contribution in [0, 0.1) is 0 Å². The number of unbranched alkanes of at least 4 members (excludes halogenated alkanes) is 3. The number of hydroxylamine groups is 1. The van der Waals surface area contributed by atoms with E-state index in [0.717, 1.165) is 18.5 Å². The molecule has 0 aromatic heterocycles. The molecule has 1 aromatic carbocycles. The number of para-hydroxylation sites is 1. The Morgan fingerprint density at radius 3 is 2.83 bits per heavy atom. The topological polar surface area (TPSA) is 29.5 Å². The zero-order valence-electron chi connectivity index (χ0n) is 11.0. The number of fused-ring (bicyclic) bond motifs is 1. The Labute approximate surface area is 109 Å². The number of carbonyl (C=O) groups is 1. The van der Waals surface area contributed by atoms with Gasteiger partial charge < -0.3 is 0 Å². The highest BCUT2D eigenvalue weighted by molar-refractivity contribution is 5.94. The molecule has 0 saturated carbocycles. The standard InChI is InChI=1S/C15H21NO2/c1-2-3-4-7-12-18-16-14-9-6-5-8-13(14)10-11-15(16)17/h5-6,8-9H,2-4,7,10-12H2,1H3. The van der Waals surface area contributed by atoms with Crippen LogP contribution in [0.25, 0.3) is 0 Å². The van der Waals surface area contributed by atoms with Crippen molar-refractivity contribution in [3.05, 3.63) is 29.8 Å². The van der Waals surface area contributed by atoms with E-state index < -0.39 is 0 Å². The third-order valence-corrected chi connectivity index (χ3v) is 3.26. The van der Waals surface area contributed by atoms with Gasteiger partial charge in [0.05, 0.1) is 12.3 Å². The first kappa shape index (κ1) is 13.1. The quantitative estimate of drug-likeness (QED) is 0.720. The molecule has 2 rings (SSSR count). The fourth-order valence-corrected chi connectivity index (χ4v) is 2.22. The van der Waals surface area contributed by atoms with E-state index in [4.69, 9.17) is 4.84 Å². The summed E-state index contributed by atoms with van der Waals surface area (Å²) in [5, 5.41) is 1.49. The van der Waals surface area contributed by atoms with Crippen molar-refractivity contribution in [2.75, 3.05) is 11.7 Å². The molecule has 18 heavy (non-hydrogen) atoms. The first-order valence-corrected chi connectivity index (χ1v) is 6.86. The molecule has 0 fully saturated rings. The number of aryl methyl sites for hydroxylation is 1. The zero-order valence-corrected chi connectivity index (χ0v) is 11.0. The van der Waals surface area contributed by atoms with Gasteiger partial charge in [0.1, 0.15) is 0 Å². The lowest BCUT2D eigenvalue weighted by atomic mass is 10.0. The largest absolute Gasteiger partial charge is 0.272 e. The van der Waals surface area contributed by atoms with Gasteiger partial charge in [0.15, 0.2) is 0 Å². The average molecular weight is 247 g/mol. The highest BCUT2D eigenvalue weighted by atomic mass is 16.7. The maximum Gasteiger partial charge on any atom is 0.251 e. The van der Waals surface area contributed by atoms with E-state index in [9.17, 15) is 4.79 Å². The van der Waals surface area contributed by atoms with Crippen LogP contribution in [0.15, 0.2) is 24.3 Å². The van der Waals surface area contributed by atoms with Crippen LogP contribution in [0.4, 0.5) is 5.69 Å². The number of carbonyl (C=O) groups excluding carboxylic acids is 1. The predicted molar refractivity (Wildman–Crippen MR) is 72.3 cm³/mol. The van der Waals surface area contributed by atoms with Crippen molar-refractivity contribution in [3.63, 3.8) is 0 Å². The molecule has 0 spiro atoms. The van der Waals surface area contributed by atoms with Gasteiger partial charge in [-0.05, 0) is 24.5 Å². The summed E-state index contributed by atoms with van der Waals surface area (Å²) >= 11 is 0. The van der Waals surface area contributed by atoms with Gasteiger partial charge in [-0.2, -0.15) is 5.06 Å². The van der Waals surface area contributed by atoms with E-state index in [0.29, 0.717) is 13.0 Å². The number of anilines is 1. The van der Waals surface area contributed by atoms with Crippen molar-refractivity contribution in [1.29, 1.82) is 0 Å². The smallest absolute Gasteiger partial charge is 0.251 e. The summed E-state index contributed by atoms with van der Waals surface area (Å²) in [7, 11) is 0. The highest BCUT2D eigenvalue weighted by Gasteiger charge is 2.24. The highest BCUT2D eigenvalue weighted by Crippen LogP contribution is 2.27. The van der Waals surface area contributed by atoms with Gasteiger partial charge >= 0.3 is 0 Å². The molecule has 1 aliphatic heterocycles. The Kier molecular flexibility index (Phi) is 4.76. The van der Waals surface area contributed by atoms with Gasteiger partial charge in [-0.25, -0.2) is 0 Å². The van der Waals surface area contributed by atoms with Crippen molar-refractivity contribution >= 4 is 11.6 Å². The molecule has 3 heteroatoms. The number of rotatable bonds is 6. The second-order valence-electron chi connectivity index (χ2n) is 4.71. The number of amides is 1. The van der Waals surface area contributed by atoms with Crippen LogP contribution in [0.3, 0.4) is 0 Å². The van der Waals surface area contributed by atoms with Crippen LogP contribution in [-0.4, -0.2) is 12.5 Å². The molecule has 0 aliphatic carbocycles. The number of hydrogen-bond donors (Lipinski definition) is 0. The van der Waals surface area contributed by atoms with E-state index in [1.807, 2.05) is 18.2 Å². The summed E-state index contributed by atoms with van der Waals surface area (Å²) in [4.78, 5) is 17.5. The maximum absolute atomic E-state index is 11.9. The lowest BCUT2D eigenvalue weighted by molar-refractivity contribution is -0.126. The molecular formula is C15H21NO2. The minimum atomic E-state index is 0.0733. The normalized spacial score (nSPS) is 14.7. The van der Waals surface area contributed by atoms with Crippen molar-refractivity contribution < 1.29 is 9.63 Å². The number of hydrogen-bond acceptors (Lipinski definition) is 2. The molecule has 1 aromatic rings. The molecule has 0 unspecified atom stereocenters. The van der Waals surface area contributed by atoms with E-state index >= 15 is 0 Å². The first-order valence-electron chi connectivity index (χ1n) is 6.86. The molecule has 0 saturated heterocycles. The van der Waals surface area contributed by atoms with Crippen LogP contribution in [0.2, 0.25) is 0 Å². The van der Waals surface area contributed by atoms with Gasteiger partial charge in [-0.1, -0.05) is 44.4 Å². The minimum Gasteiger partial charge on any atom is -0.272 e. The maximum atomic E-state index is 11.9. The average Bonchev–Trinajstić information content (AvgIpc) is 2.41. The Bertz CT molecular complexity index is 403. The van der Waals surface area contributed by atoms with Crippen LogP contribution >= 0.6 is 0 Å². The fraction of sp³-hybridized carbons (Fsp3) is 0.533. The van der Waals surface area contributed by atoms with Crippen molar-refractivity contribution in [2.24, 2.45) is 0 Å². The summed E-state index contributed by atoms with van der Waals surface area (Å²) in [6.45, 7) is 2.81. The molecule has 1 aliphatic rings. The van der Waals surface area contributed by atoms with Crippen molar-refractivity contribution in [3.8, 4) is 0 Å². The van der Waals surface area contributed by atoms with Crippen LogP contribution in [0.5, 0.6) is 0 Å². The van der Waals surface area contributed by atoms with E-state index in [-0.39, 0.29) is 5.91 Å². The summed E-state index contributed by atoms with van der Waals surface area (Å²) in [6.07, 6.45) is 6.00. The van der Waals surface area contributed by atoms with Gasteiger partial charge in [0, 0.05) is 6.42 Å². The fourth-order valence-electron chi connectivity index (χ4n) is 2.22. The van der Waals surface area contributed by atoms with E-state index in [1.165, 1.54) is 29.9 Å². The molecular weight excluding hydrogens is 226 g/mol. The molecule has 0 bridgehead atoms. The molecule has 0 radical (unpaired) electrons. The van der Waals surface area contributed by atoms with Gasteiger partial charge in [0.25, 0.3) is 5.91 Å². The van der Waals surface area contributed by atoms with E-state index in [1.54, 1.807) is 0 Å². The summed E-state index contributed by atoms with van der Waals surface area (Å²) in [6, 6.07) is 7.98. The molecule has 0 atom stereocenters. The van der Waals surface area contributed by atoms with Crippen LogP contribution in [0.1, 0.15) is 44.6 Å². The molecule has 98 valence electrons. The third-order valence-electron chi connectivity index (χ3n) is 3.26. The second-order valence-corrected chi connectivity index (χ2v) is 4.71. The van der Waals surface area contributed by atoms with E-state index in [2.05, 4.69) is 13.0 Å². The molecule has 1 heterocycles. The van der Waals surface area contributed by atoms with Crippen molar-refractivity contribution in [1.82, 2.24) is 0 Å². The Balaban J connectivity index is 1.93. The Morgan fingerprint density at radius 1 is 1.17 bits per heavy atom. The van der Waals surface area contributed by atoms with Crippen LogP contribution in [-0.2, 0) is 16.1 Å². The predicted octanol–water partition coefficient (Wildman–Crippen LogP) is 3.48. The van der Waals surface area contributed by atoms with Gasteiger partial charge in [0.2, 0.25) is 0 Å². The SMILES string of the molecule is CCCCCCON1C(=O)CCc2ccccc21. The zero-order chi connectivity index (χ0) is 12.8. The number of benzene rings is 1. The summed E-state index contributed by atoms with van der Waals surface area (Å²) in [5.41, 5.74) is 2.12. The minimum absolute atomic E-state index is 0.0733. The lowest BCUT2D eigenvalue weighted by Crippen LogP contribution is -2.35. The molecule has 3 nitrogen and oxygen atoms in total. The van der Waals surface area contributed by atoms with Crippen LogP contribution < -0.4 is 5.06 Å². The third kappa shape index (κ3) is 3.10. The summed E-state index contributed by atoms with van der Waals surface area (Å²) < 4.78 is 0. The lowest BCUT2D eigenvalue weighted by Gasteiger charge is -2.28. The Hall–Kier alpha value is -1.35. The number of nitrogens with zero attached hydrogens (tertiary/aromatic N) is 1. The first-order chi connectivity index (χ1) is 8.83. The van der Waals surface area contributed by atoms with Crippen molar-refractivity contribution in [2.45, 2.75) is 45.4 Å². The Morgan fingerprint density at radius 2 is 2.00 bits per heavy atom. The second kappa shape index (κ2) is 6.55. The summed E-state index contributed by atoms with van der Waals surface area (Å²) in [5.74, 6) is 0.0733. The monoisotopic (exact) mass is 247 g/mol.